The fourth-order valence-corrected chi connectivity index (χ4v) is 5.26. The van der Waals surface area contributed by atoms with Crippen LogP contribution in [-0.4, -0.2) is 16.8 Å². The van der Waals surface area contributed by atoms with Gasteiger partial charge < -0.3 is 5.73 Å². The zero-order valence-electron chi connectivity index (χ0n) is 12.4. The van der Waals surface area contributed by atoms with Gasteiger partial charge in [-0.2, -0.15) is 0 Å². The van der Waals surface area contributed by atoms with Crippen LogP contribution in [0, 0.1) is 0 Å². The van der Waals surface area contributed by atoms with Crippen molar-refractivity contribution >= 4 is 36.5 Å². The number of sulfonamides is 2. The number of hydrogen-bond acceptors (Lipinski definition) is 5. The molecule has 3 aromatic rings. The van der Waals surface area contributed by atoms with Crippen LogP contribution in [0.5, 0.6) is 0 Å². The molecule has 0 amide bonds. The molecule has 0 aromatic heterocycles. The van der Waals surface area contributed by atoms with Crippen molar-refractivity contribution in [2.75, 3.05) is 5.73 Å². The largest absolute Gasteiger partial charge is 0.399 e. The molecule has 3 N–H and O–H groups in total. The van der Waals surface area contributed by atoms with Crippen LogP contribution in [0.1, 0.15) is 0 Å². The van der Waals surface area contributed by atoms with Gasteiger partial charge in [0.15, 0.2) is 0 Å². The van der Waals surface area contributed by atoms with E-state index < -0.39 is 20.0 Å². The molecule has 124 valence electrons. The molecule has 0 saturated carbocycles. The molecule has 0 unspecified atom stereocenters. The van der Waals surface area contributed by atoms with Crippen molar-refractivity contribution < 1.29 is 16.8 Å². The van der Waals surface area contributed by atoms with E-state index in [1.54, 1.807) is 22.3 Å². The number of nitrogens with two attached hydrogens (primary N) is 1. The number of hydrogen-bond donors (Lipinski definition) is 2. The lowest BCUT2D eigenvalue weighted by Gasteiger charge is -2.09. The Labute approximate surface area is 140 Å². The minimum atomic E-state index is -4.26. The average molecular weight is 362 g/mol. The van der Waals surface area contributed by atoms with Gasteiger partial charge in [0.05, 0.1) is 9.79 Å². The Morgan fingerprint density at radius 2 is 1.29 bits per heavy atom. The monoisotopic (exact) mass is 362 g/mol. The lowest BCUT2D eigenvalue weighted by Crippen LogP contribution is -2.30. The molecule has 0 fully saturated rings. The Balaban J connectivity index is 2.00. The molecule has 8 heteroatoms. The molecular weight excluding hydrogens is 348 g/mol. The highest BCUT2D eigenvalue weighted by Crippen LogP contribution is 2.20. The summed E-state index contributed by atoms with van der Waals surface area (Å²) in [6.45, 7) is 0. The quantitative estimate of drug-likeness (QED) is 0.691. The highest BCUT2D eigenvalue weighted by atomic mass is 32.3. The molecule has 6 nitrogen and oxygen atoms in total. The van der Waals surface area contributed by atoms with Crippen molar-refractivity contribution in [2.24, 2.45) is 0 Å². The first-order chi connectivity index (χ1) is 11.3. The number of nitrogens with one attached hydrogen (secondary N) is 1. The first-order valence-electron chi connectivity index (χ1n) is 6.91. The molecule has 0 aliphatic carbocycles. The van der Waals surface area contributed by atoms with E-state index in [2.05, 4.69) is 0 Å². The first kappa shape index (κ1) is 16.4. The second-order valence-electron chi connectivity index (χ2n) is 5.17. The van der Waals surface area contributed by atoms with Gasteiger partial charge in [0.1, 0.15) is 0 Å². The van der Waals surface area contributed by atoms with Crippen LogP contribution in [0.25, 0.3) is 10.8 Å². The Morgan fingerprint density at radius 1 is 0.667 bits per heavy atom. The highest BCUT2D eigenvalue weighted by Gasteiger charge is 2.24. The molecule has 0 atom stereocenters. The minimum Gasteiger partial charge on any atom is -0.399 e. The fourth-order valence-electron chi connectivity index (χ4n) is 2.26. The van der Waals surface area contributed by atoms with Gasteiger partial charge in [-0.05, 0) is 41.1 Å². The zero-order chi connectivity index (χ0) is 17.4. The van der Waals surface area contributed by atoms with Crippen LogP contribution in [0.15, 0.2) is 76.5 Å². The van der Waals surface area contributed by atoms with E-state index in [1.165, 1.54) is 36.4 Å². The summed E-state index contributed by atoms with van der Waals surface area (Å²) in [5, 5.41) is 1.55. The standard InChI is InChI=1S/C16H14N2O4S2/c17-14-6-3-7-15(11-14)23(19,20)18-24(21,22)16-9-8-12-4-1-2-5-13(12)10-16/h1-11,18H,17H2. The maximum Gasteiger partial charge on any atom is 0.253 e. The van der Waals surface area contributed by atoms with E-state index in [4.69, 9.17) is 5.73 Å². The summed E-state index contributed by atoms with van der Waals surface area (Å²) < 4.78 is 51.2. The Kier molecular flexibility index (Phi) is 4.04. The SMILES string of the molecule is Nc1cccc(S(=O)(=O)NS(=O)(=O)c2ccc3ccccc3c2)c1. The van der Waals surface area contributed by atoms with E-state index in [-0.39, 0.29) is 15.5 Å². The number of benzene rings is 3. The highest BCUT2D eigenvalue weighted by molar-refractivity contribution is 8.04. The maximum absolute atomic E-state index is 12.4. The molecule has 0 aliphatic rings. The molecule has 3 aromatic carbocycles. The van der Waals surface area contributed by atoms with Crippen LogP contribution >= 0.6 is 0 Å². The average Bonchev–Trinajstić information content (AvgIpc) is 2.53. The summed E-state index contributed by atoms with van der Waals surface area (Å²) in [6, 6.07) is 17.0. The van der Waals surface area contributed by atoms with E-state index in [0.717, 1.165) is 5.39 Å². The maximum atomic E-state index is 12.4. The molecule has 0 bridgehead atoms. The van der Waals surface area contributed by atoms with E-state index in [0.29, 0.717) is 5.39 Å². The minimum absolute atomic E-state index is 0.131. The van der Waals surface area contributed by atoms with Gasteiger partial charge in [0.2, 0.25) is 0 Å². The van der Waals surface area contributed by atoms with E-state index >= 15 is 0 Å². The first-order valence-corrected chi connectivity index (χ1v) is 9.87. The normalized spacial score (nSPS) is 12.3. The molecule has 0 heterocycles. The van der Waals surface area contributed by atoms with Crippen LogP contribution in [0.2, 0.25) is 0 Å². The third-order valence-electron chi connectivity index (χ3n) is 3.42. The van der Waals surface area contributed by atoms with Crippen molar-refractivity contribution in [3.05, 3.63) is 66.7 Å². The predicted molar refractivity (Wildman–Crippen MR) is 92.3 cm³/mol. The topological polar surface area (TPSA) is 106 Å². The van der Waals surface area contributed by atoms with Gasteiger partial charge >= 0.3 is 0 Å². The van der Waals surface area contributed by atoms with E-state index in [9.17, 15) is 16.8 Å². The fraction of sp³-hybridized carbons (Fsp3) is 0. The lowest BCUT2D eigenvalue weighted by molar-refractivity contribution is 0.577. The van der Waals surface area contributed by atoms with Gasteiger partial charge in [-0.25, -0.2) is 16.8 Å². The Hall–Kier alpha value is -2.42. The van der Waals surface area contributed by atoms with Gasteiger partial charge in [-0.1, -0.05) is 36.4 Å². The molecule has 0 spiro atoms. The van der Waals surface area contributed by atoms with E-state index in [1.807, 2.05) is 12.1 Å². The molecule has 24 heavy (non-hydrogen) atoms. The van der Waals surface area contributed by atoms with Gasteiger partial charge in [-0.15, -0.1) is 4.13 Å². The van der Waals surface area contributed by atoms with Gasteiger partial charge in [0, 0.05) is 5.69 Å². The summed E-state index contributed by atoms with van der Waals surface area (Å²) >= 11 is 0. The summed E-state index contributed by atoms with van der Waals surface area (Å²) in [5.74, 6) is 0. The van der Waals surface area contributed by atoms with Crippen LogP contribution in [0.4, 0.5) is 5.69 Å². The van der Waals surface area contributed by atoms with Crippen molar-refractivity contribution in [1.82, 2.24) is 4.13 Å². The number of anilines is 1. The third-order valence-corrected chi connectivity index (χ3v) is 6.92. The molecule has 0 aliphatic heterocycles. The summed E-state index contributed by atoms with van der Waals surface area (Å²) in [7, 11) is -8.51. The van der Waals surface area contributed by atoms with Crippen molar-refractivity contribution in [3.8, 4) is 0 Å². The Morgan fingerprint density at radius 3 is 1.96 bits per heavy atom. The van der Waals surface area contributed by atoms with Crippen LogP contribution in [-0.2, 0) is 20.0 Å². The number of fused-ring (bicyclic) bond motifs is 1. The van der Waals surface area contributed by atoms with Crippen LogP contribution < -0.4 is 9.86 Å². The molecule has 3 rings (SSSR count). The molecule has 0 radical (unpaired) electrons. The van der Waals surface area contributed by atoms with Gasteiger partial charge in [0.25, 0.3) is 20.0 Å². The molecule has 0 saturated heterocycles. The number of rotatable bonds is 4. The zero-order valence-corrected chi connectivity index (χ0v) is 14.0. The second-order valence-corrected chi connectivity index (χ2v) is 8.79. The van der Waals surface area contributed by atoms with Crippen molar-refractivity contribution in [3.63, 3.8) is 0 Å². The van der Waals surface area contributed by atoms with Gasteiger partial charge in [-0.3, -0.25) is 0 Å². The van der Waals surface area contributed by atoms with Crippen molar-refractivity contribution in [1.29, 1.82) is 0 Å². The summed E-state index contributed by atoms with van der Waals surface area (Å²) in [4.78, 5) is -0.347. The molecular formula is C16H14N2O4S2. The summed E-state index contributed by atoms with van der Waals surface area (Å²) in [6.07, 6.45) is 0. The number of nitrogen functional groups attached to an aromatic ring is 1. The summed E-state index contributed by atoms with van der Waals surface area (Å²) in [5.41, 5.74) is 5.77. The van der Waals surface area contributed by atoms with Crippen LogP contribution in [0.3, 0.4) is 0 Å². The second kappa shape index (κ2) is 5.90. The Bertz CT molecular complexity index is 1120. The predicted octanol–water partition coefficient (Wildman–Crippen LogP) is 2.09. The third kappa shape index (κ3) is 3.25. The smallest absolute Gasteiger partial charge is 0.253 e. The van der Waals surface area contributed by atoms with Crippen molar-refractivity contribution in [2.45, 2.75) is 9.79 Å². The lowest BCUT2D eigenvalue weighted by atomic mass is 10.1.